The van der Waals surface area contributed by atoms with Gasteiger partial charge in [-0.15, -0.1) is 0 Å². The number of carbonyl (C=O) groups excluding carboxylic acids is 1. The molecule has 2 N–H and O–H groups in total. The van der Waals surface area contributed by atoms with Crippen molar-refractivity contribution in [1.29, 1.82) is 0 Å². The molecule has 1 aromatic carbocycles. The number of benzene rings is 1. The van der Waals surface area contributed by atoms with Crippen LogP contribution in [0.25, 0.3) is 10.9 Å². The highest BCUT2D eigenvalue weighted by Crippen LogP contribution is 2.32. The fourth-order valence-corrected chi connectivity index (χ4v) is 2.27. The summed E-state index contributed by atoms with van der Waals surface area (Å²) in [7, 11) is 0. The normalized spacial score (nSPS) is 24.4. The molecule has 16 heavy (non-hydrogen) atoms. The minimum atomic E-state index is -0.702. The summed E-state index contributed by atoms with van der Waals surface area (Å²) in [4.78, 5) is 14.8. The summed E-state index contributed by atoms with van der Waals surface area (Å²) < 4.78 is 0. The van der Waals surface area contributed by atoms with Crippen molar-refractivity contribution in [3.05, 3.63) is 48.2 Å². The highest BCUT2D eigenvalue weighted by atomic mass is 16.3. The van der Waals surface area contributed by atoms with Gasteiger partial charge in [0.25, 0.3) is 0 Å². The molecule has 3 nitrogen and oxygen atoms in total. The first-order chi connectivity index (χ1) is 7.77. The van der Waals surface area contributed by atoms with Crippen LogP contribution in [0, 0.1) is 0 Å². The molecule has 0 aliphatic heterocycles. The van der Waals surface area contributed by atoms with Crippen molar-refractivity contribution < 1.29 is 9.90 Å². The molecule has 0 bridgehead atoms. The van der Waals surface area contributed by atoms with Crippen LogP contribution in [0.2, 0.25) is 0 Å². The number of nitrogens with one attached hydrogen (secondary N) is 1. The molecule has 0 radical (unpaired) electrons. The number of aromatic nitrogens is 1. The van der Waals surface area contributed by atoms with Crippen LogP contribution in [0.3, 0.4) is 0 Å². The molecule has 1 heterocycles. The molecule has 0 spiro atoms. The molecule has 3 rings (SSSR count). The number of allylic oxidation sites excluding steroid dienone is 1. The number of hydrogen-bond donors (Lipinski definition) is 2. The first-order valence-electron chi connectivity index (χ1n) is 5.23. The van der Waals surface area contributed by atoms with Crippen LogP contribution < -0.4 is 0 Å². The summed E-state index contributed by atoms with van der Waals surface area (Å²) in [5, 5.41) is 10.8. The SMILES string of the molecule is O=C1C=C[C@H](O)C1c1c[nH]c2ccccc12. The van der Waals surface area contributed by atoms with E-state index in [1.54, 1.807) is 6.08 Å². The summed E-state index contributed by atoms with van der Waals surface area (Å²) in [6.45, 7) is 0. The second kappa shape index (κ2) is 3.32. The molecule has 1 aliphatic rings. The number of carbonyl (C=O) groups is 1. The van der Waals surface area contributed by atoms with E-state index >= 15 is 0 Å². The zero-order valence-corrected chi connectivity index (χ0v) is 8.55. The Kier molecular flexibility index (Phi) is 1.94. The fraction of sp³-hybridized carbons (Fsp3) is 0.154. The molecule has 0 saturated carbocycles. The summed E-state index contributed by atoms with van der Waals surface area (Å²) in [6.07, 6.45) is 4.11. The Hall–Kier alpha value is -1.87. The Morgan fingerprint density at radius 3 is 2.81 bits per heavy atom. The van der Waals surface area contributed by atoms with E-state index in [4.69, 9.17) is 0 Å². The average molecular weight is 213 g/mol. The number of aliphatic hydroxyl groups is 1. The minimum absolute atomic E-state index is 0.0303. The molecule has 1 aromatic heterocycles. The predicted molar refractivity (Wildman–Crippen MR) is 61.2 cm³/mol. The molecule has 3 heteroatoms. The number of rotatable bonds is 1. The lowest BCUT2D eigenvalue weighted by molar-refractivity contribution is -0.116. The quantitative estimate of drug-likeness (QED) is 0.758. The average Bonchev–Trinajstić information content (AvgIpc) is 2.83. The van der Waals surface area contributed by atoms with Crippen LogP contribution in [0.15, 0.2) is 42.6 Å². The van der Waals surface area contributed by atoms with Gasteiger partial charge in [-0.05, 0) is 17.7 Å². The third-order valence-corrected chi connectivity index (χ3v) is 3.06. The molecule has 1 unspecified atom stereocenters. The van der Waals surface area contributed by atoms with E-state index in [1.807, 2.05) is 30.5 Å². The lowest BCUT2D eigenvalue weighted by Gasteiger charge is -2.11. The van der Waals surface area contributed by atoms with E-state index < -0.39 is 12.0 Å². The highest BCUT2D eigenvalue weighted by Gasteiger charge is 2.31. The fourth-order valence-electron chi connectivity index (χ4n) is 2.27. The number of hydrogen-bond acceptors (Lipinski definition) is 2. The summed E-state index contributed by atoms with van der Waals surface area (Å²) in [6, 6.07) is 7.78. The van der Waals surface area contributed by atoms with Crippen LogP contribution in [0.5, 0.6) is 0 Å². The van der Waals surface area contributed by atoms with E-state index in [9.17, 15) is 9.90 Å². The van der Waals surface area contributed by atoms with Crippen molar-refractivity contribution in [2.75, 3.05) is 0 Å². The molecule has 0 fully saturated rings. The molecule has 0 amide bonds. The van der Waals surface area contributed by atoms with Crippen LogP contribution in [0.1, 0.15) is 11.5 Å². The molecular formula is C13H11NO2. The lowest BCUT2D eigenvalue weighted by atomic mass is 9.94. The Labute approximate surface area is 92.4 Å². The Balaban J connectivity index is 2.16. The number of ketones is 1. The van der Waals surface area contributed by atoms with Gasteiger partial charge >= 0.3 is 0 Å². The van der Waals surface area contributed by atoms with Gasteiger partial charge in [-0.25, -0.2) is 0 Å². The van der Waals surface area contributed by atoms with Gasteiger partial charge in [-0.1, -0.05) is 24.3 Å². The Bertz CT molecular complexity index is 582. The van der Waals surface area contributed by atoms with Gasteiger partial charge in [-0.3, -0.25) is 4.79 Å². The summed E-state index contributed by atoms with van der Waals surface area (Å²) >= 11 is 0. The first-order valence-corrected chi connectivity index (χ1v) is 5.23. The van der Waals surface area contributed by atoms with Crippen molar-refractivity contribution in [2.24, 2.45) is 0 Å². The second-order valence-electron chi connectivity index (χ2n) is 4.02. The standard InChI is InChI=1S/C13H11NO2/c15-11-5-6-12(16)13(11)9-7-14-10-4-2-1-3-8(9)10/h1-7,11,13-15H/t11-,13?/m0/s1. The molecule has 2 atom stereocenters. The molecule has 80 valence electrons. The third kappa shape index (κ3) is 1.22. The smallest absolute Gasteiger partial charge is 0.165 e. The van der Waals surface area contributed by atoms with Gasteiger partial charge in [-0.2, -0.15) is 0 Å². The lowest BCUT2D eigenvalue weighted by Crippen LogP contribution is -2.17. The molecular weight excluding hydrogens is 202 g/mol. The number of aliphatic hydroxyl groups excluding tert-OH is 1. The van der Waals surface area contributed by atoms with Gasteiger partial charge < -0.3 is 10.1 Å². The number of para-hydroxylation sites is 1. The zero-order chi connectivity index (χ0) is 11.1. The van der Waals surface area contributed by atoms with Crippen molar-refractivity contribution in [3.8, 4) is 0 Å². The maximum absolute atomic E-state index is 11.7. The maximum atomic E-state index is 11.7. The molecule has 1 aliphatic carbocycles. The van der Waals surface area contributed by atoms with E-state index in [0.29, 0.717) is 0 Å². The predicted octanol–water partition coefficient (Wildman–Crippen LogP) is 1.75. The molecule has 0 saturated heterocycles. The number of aromatic amines is 1. The van der Waals surface area contributed by atoms with Crippen molar-refractivity contribution in [3.63, 3.8) is 0 Å². The largest absolute Gasteiger partial charge is 0.388 e. The van der Waals surface area contributed by atoms with E-state index in [0.717, 1.165) is 16.5 Å². The van der Waals surface area contributed by atoms with Crippen LogP contribution in [-0.4, -0.2) is 22.0 Å². The third-order valence-electron chi connectivity index (χ3n) is 3.06. The summed E-state index contributed by atoms with van der Waals surface area (Å²) in [5.41, 5.74) is 1.86. The van der Waals surface area contributed by atoms with E-state index in [2.05, 4.69) is 4.98 Å². The number of fused-ring (bicyclic) bond motifs is 1. The van der Waals surface area contributed by atoms with Crippen molar-refractivity contribution in [1.82, 2.24) is 4.98 Å². The van der Waals surface area contributed by atoms with Gasteiger partial charge in [0, 0.05) is 17.1 Å². The Morgan fingerprint density at radius 2 is 2.06 bits per heavy atom. The van der Waals surface area contributed by atoms with Crippen LogP contribution in [0.4, 0.5) is 0 Å². The van der Waals surface area contributed by atoms with Gasteiger partial charge in [0.05, 0.1) is 12.0 Å². The first kappa shape index (κ1) is 9.36. The van der Waals surface area contributed by atoms with Crippen molar-refractivity contribution in [2.45, 2.75) is 12.0 Å². The Morgan fingerprint density at radius 1 is 1.25 bits per heavy atom. The van der Waals surface area contributed by atoms with Crippen LogP contribution >= 0.6 is 0 Å². The van der Waals surface area contributed by atoms with E-state index in [1.165, 1.54) is 6.08 Å². The van der Waals surface area contributed by atoms with Gasteiger partial charge in [0.1, 0.15) is 0 Å². The minimum Gasteiger partial charge on any atom is -0.388 e. The molecule has 2 aromatic rings. The van der Waals surface area contributed by atoms with Gasteiger partial charge in [0.2, 0.25) is 0 Å². The van der Waals surface area contributed by atoms with E-state index in [-0.39, 0.29) is 5.78 Å². The van der Waals surface area contributed by atoms with Crippen molar-refractivity contribution >= 4 is 16.7 Å². The van der Waals surface area contributed by atoms with Crippen LogP contribution in [-0.2, 0) is 4.79 Å². The second-order valence-corrected chi connectivity index (χ2v) is 4.02. The van der Waals surface area contributed by atoms with Gasteiger partial charge in [0.15, 0.2) is 5.78 Å². The monoisotopic (exact) mass is 213 g/mol. The number of H-pyrrole nitrogens is 1. The summed E-state index contributed by atoms with van der Waals surface area (Å²) in [5.74, 6) is -0.478. The maximum Gasteiger partial charge on any atom is 0.165 e. The zero-order valence-electron chi connectivity index (χ0n) is 8.55. The highest BCUT2D eigenvalue weighted by molar-refractivity contribution is 6.01. The topological polar surface area (TPSA) is 53.1 Å².